The molecule has 1 amide bonds. The van der Waals surface area contributed by atoms with Crippen molar-refractivity contribution in [2.24, 2.45) is 7.05 Å². The molecule has 0 saturated carbocycles. The Morgan fingerprint density at radius 1 is 0.938 bits per heavy atom. The lowest BCUT2D eigenvalue weighted by Gasteiger charge is -2.49. The van der Waals surface area contributed by atoms with E-state index in [1.54, 1.807) is 0 Å². The fraction of sp³-hybridized carbons (Fsp3) is 0.250. The molecule has 1 aromatic heterocycles. The molecular weight excluding hydrogens is 394 g/mol. The Morgan fingerprint density at radius 2 is 1.69 bits per heavy atom. The minimum atomic E-state index is -0.583. The van der Waals surface area contributed by atoms with Crippen LogP contribution in [0.3, 0.4) is 0 Å². The molecule has 1 saturated heterocycles. The fourth-order valence-electron chi connectivity index (χ4n) is 5.82. The zero-order valence-electron chi connectivity index (χ0n) is 18.7. The van der Waals surface area contributed by atoms with Crippen molar-refractivity contribution in [3.63, 3.8) is 0 Å². The average molecular weight is 422 g/mol. The van der Waals surface area contributed by atoms with E-state index in [0.717, 1.165) is 12.1 Å². The molecule has 1 atom stereocenters. The third kappa shape index (κ3) is 2.41. The molecule has 4 heteroatoms. The number of hydrogen-bond acceptors (Lipinski definition) is 2. The highest BCUT2D eigenvalue weighted by Gasteiger charge is 2.57. The molecule has 1 N–H and O–H groups in total. The van der Waals surface area contributed by atoms with E-state index in [4.69, 9.17) is 0 Å². The second-order valence-corrected chi connectivity index (χ2v) is 9.54. The van der Waals surface area contributed by atoms with E-state index >= 15 is 0 Å². The van der Waals surface area contributed by atoms with Crippen LogP contribution in [-0.4, -0.2) is 22.7 Å². The number of amides is 1. The van der Waals surface area contributed by atoms with Gasteiger partial charge in [0.25, 0.3) is 0 Å². The van der Waals surface area contributed by atoms with Gasteiger partial charge < -0.3 is 14.8 Å². The van der Waals surface area contributed by atoms with Gasteiger partial charge in [0, 0.05) is 52.9 Å². The van der Waals surface area contributed by atoms with E-state index < -0.39 is 5.66 Å². The van der Waals surface area contributed by atoms with E-state index in [0.29, 0.717) is 6.42 Å². The van der Waals surface area contributed by atoms with Crippen molar-refractivity contribution in [2.45, 2.75) is 31.3 Å². The van der Waals surface area contributed by atoms with E-state index in [1.807, 2.05) is 0 Å². The first-order valence-electron chi connectivity index (χ1n) is 11.3. The first kappa shape index (κ1) is 19.2. The normalized spacial score (nSPS) is 21.8. The number of aryl methyl sites for hydroxylation is 1. The molecule has 0 radical (unpaired) electrons. The number of nitrogens with one attached hydrogen (secondary N) is 1. The fourth-order valence-corrected chi connectivity index (χ4v) is 5.82. The van der Waals surface area contributed by atoms with Crippen LogP contribution in [0.2, 0.25) is 0 Å². The largest absolute Gasteiger partial charge is 0.344 e. The van der Waals surface area contributed by atoms with Crippen molar-refractivity contribution < 1.29 is 4.79 Å². The smallest absolute Gasteiger partial charge is 0.223 e. The van der Waals surface area contributed by atoms with Gasteiger partial charge in [-0.1, -0.05) is 68.5 Å². The summed E-state index contributed by atoms with van der Waals surface area (Å²) in [6.45, 7) is 5.18. The van der Waals surface area contributed by atoms with Crippen LogP contribution in [-0.2, 0) is 17.3 Å². The molecule has 4 aromatic rings. The molecule has 1 fully saturated rings. The Balaban J connectivity index is 1.48. The molecule has 2 aliphatic rings. The Labute approximate surface area is 188 Å². The van der Waals surface area contributed by atoms with Crippen molar-refractivity contribution in [1.82, 2.24) is 9.88 Å². The highest BCUT2D eigenvalue weighted by Crippen LogP contribution is 2.52. The molecule has 3 heterocycles. The van der Waals surface area contributed by atoms with Gasteiger partial charge in [0.15, 0.2) is 0 Å². The number of rotatable bonds is 2. The standard InChI is InChI=1S/C28H27N3O/c1-27(2)22-9-5-7-11-24(22)31-17-15-26(32)29-28(27,31)16-14-19-12-13-21-20-8-4-6-10-23(20)30(3)25(21)18-19/h4-14,16,18H,15,17H2,1-3H3,(H,29,32)/b16-14-/t28-/m0/s1. The van der Waals surface area contributed by atoms with Crippen LogP contribution in [0.5, 0.6) is 0 Å². The van der Waals surface area contributed by atoms with Crippen molar-refractivity contribution in [1.29, 1.82) is 0 Å². The molecular formula is C28H27N3O. The number of carbonyl (C=O) groups excluding carboxylic acids is 1. The number of carbonyl (C=O) groups is 1. The highest BCUT2D eigenvalue weighted by molar-refractivity contribution is 6.08. The second kappa shape index (κ2) is 6.49. The lowest BCUT2D eigenvalue weighted by molar-refractivity contribution is -0.124. The lowest BCUT2D eigenvalue weighted by atomic mass is 9.74. The number of para-hydroxylation sites is 2. The SMILES string of the molecule is Cn1c2ccccc2c2ccc(/C=C\[C@]34NC(=O)CCN3c3ccccc3C4(C)C)cc21. The van der Waals surface area contributed by atoms with Gasteiger partial charge in [0.05, 0.1) is 0 Å². The summed E-state index contributed by atoms with van der Waals surface area (Å²) in [4.78, 5) is 15.0. The van der Waals surface area contributed by atoms with Gasteiger partial charge in [-0.2, -0.15) is 0 Å². The van der Waals surface area contributed by atoms with Gasteiger partial charge >= 0.3 is 0 Å². The average Bonchev–Trinajstić information content (AvgIpc) is 3.19. The van der Waals surface area contributed by atoms with Crippen molar-refractivity contribution in [3.8, 4) is 0 Å². The number of fused-ring (bicyclic) bond motifs is 6. The first-order chi connectivity index (χ1) is 15.4. The van der Waals surface area contributed by atoms with Crippen molar-refractivity contribution in [3.05, 3.63) is 83.9 Å². The van der Waals surface area contributed by atoms with Crippen LogP contribution in [0.1, 0.15) is 31.4 Å². The van der Waals surface area contributed by atoms with Crippen molar-refractivity contribution >= 4 is 39.5 Å². The maximum absolute atomic E-state index is 12.6. The summed E-state index contributed by atoms with van der Waals surface area (Å²) < 4.78 is 2.25. The third-order valence-electron chi connectivity index (χ3n) is 7.59. The third-order valence-corrected chi connectivity index (χ3v) is 7.59. The molecule has 0 bridgehead atoms. The topological polar surface area (TPSA) is 37.3 Å². The molecule has 32 heavy (non-hydrogen) atoms. The second-order valence-electron chi connectivity index (χ2n) is 9.54. The number of benzene rings is 3. The van der Waals surface area contributed by atoms with Crippen LogP contribution < -0.4 is 10.2 Å². The zero-order valence-corrected chi connectivity index (χ0v) is 18.7. The Morgan fingerprint density at radius 3 is 2.56 bits per heavy atom. The molecule has 6 rings (SSSR count). The highest BCUT2D eigenvalue weighted by atomic mass is 16.2. The molecule has 0 aliphatic carbocycles. The van der Waals surface area contributed by atoms with E-state index in [9.17, 15) is 4.79 Å². The van der Waals surface area contributed by atoms with Crippen LogP contribution in [0.15, 0.2) is 72.8 Å². The quantitative estimate of drug-likeness (QED) is 0.473. The summed E-state index contributed by atoms with van der Waals surface area (Å²) >= 11 is 0. The van der Waals surface area contributed by atoms with E-state index in [2.05, 4.69) is 115 Å². The predicted molar refractivity (Wildman–Crippen MR) is 132 cm³/mol. The maximum Gasteiger partial charge on any atom is 0.223 e. The summed E-state index contributed by atoms with van der Waals surface area (Å²) in [5, 5.41) is 5.90. The van der Waals surface area contributed by atoms with Crippen LogP contribution >= 0.6 is 0 Å². The maximum atomic E-state index is 12.6. The van der Waals surface area contributed by atoms with Gasteiger partial charge in [0.1, 0.15) is 5.66 Å². The van der Waals surface area contributed by atoms with Crippen LogP contribution in [0.4, 0.5) is 5.69 Å². The molecule has 3 aromatic carbocycles. The molecule has 0 unspecified atom stereocenters. The Kier molecular flexibility index (Phi) is 3.89. The first-order valence-corrected chi connectivity index (χ1v) is 11.3. The van der Waals surface area contributed by atoms with Gasteiger partial charge in [-0.15, -0.1) is 0 Å². The van der Waals surface area contributed by atoms with Crippen LogP contribution in [0, 0.1) is 0 Å². The summed E-state index contributed by atoms with van der Waals surface area (Å²) in [6.07, 6.45) is 4.89. The molecule has 0 spiro atoms. The summed E-state index contributed by atoms with van der Waals surface area (Å²) in [7, 11) is 2.12. The molecule has 160 valence electrons. The van der Waals surface area contributed by atoms with Gasteiger partial charge in [-0.3, -0.25) is 4.79 Å². The summed E-state index contributed by atoms with van der Waals surface area (Å²) in [5.74, 6) is 0.107. The lowest BCUT2D eigenvalue weighted by Crippen LogP contribution is -2.68. The summed E-state index contributed by atoms with van der Waals surface area (Å²) in [5.41, 5.74) is 5.22. The minimum Gasteiger partial charge on any atom is -0.344 e. The van der Waals surface area contributed by atoms with Gasteiger partial charge in [-0.25, -0.2) is 0 Å². The van der Waals surface area contributed by atoms with E-state index in [1.165, 1.54) is 33.1 Å². The number of nitrogens with zero attached hydrogens (tertiary/aromatic N) is 2. The van der Waals surface area contributed by atoms with Crippen molar-refractivity contribution in [2.75, 3.05) is 11.4 Å². The molecule has 2 aliphatic heterocycles. The van der Waals surface area contributed by atoms with E-state index in [-0.39, 0.29) is 11.3 Å². The Hall–Kier alpha value is -3.53. The van der Waals surface area contributed by atoms with Gasteiger partial charge in [-0.05, 0) is 35.4 Å². The van der Waals surface area contributed by atoms with Gasteiger partial charge in [0.2, 0.25) is 5.91 Å². The molecule has 4 nitrogen and oxygen atoms in total. The minimum absolute atomic E-state index is 0.107. The number of hydrogen-bond donors (Lipinski definition) is 1. The monoisotopic (exact) mass is 421 g/mol. The summed E-state index contributed by atoms with van der Waals surface area (Å²) in [6, 6.07) is 23.7. The zero-order chi connectivity index (χ0) is 22.1. The number of aromatic nitrogens is 1. The number of anilines is 1. The predicted octanol–water partition coefficient (Wildman–Crippen LogP) is 5.36. The van der Waals surface area contributed by atoms with Crippen LogP contribution in [0.25, 0.3) is 27.9 Å². The Bertz CT molecular complexity index is 1430.